The smallest absolute Gasteiger partial charge is 0.227 e. The van der Waals surface area contributed by atoms with E-state index in [0.717, 1.165) is 35.4 Å². The lowest BCUT2D eigenvalue weighted by molar-refractivity contribution is -0.117. The van der Waals surface area contributed by atoms with Gasteiger partial charge in [0.1, 0.15) is 12.4 Å². The van der Waals surface area contributed by atoms with E-state index >= 15 is 0 Å². The average Bonchev–Trinajstić information content (AvgIpc) is 3.42. The maximum absolute atomic E-state index is 12.8. The average molecular weight is 326 g/mol. The Labute approximate surface area is 140 Å². The van der Waals surface area contributed by atoms with Crippen molar-refractivity contribution in [3.63, 3.8) is 0 Å². The van der Waals surface area contributed by atoms with E-state index in [1.807, 2.05) is 31.2 Å². The number of benzene rings is 2. The van der Waals surface area contributed by atoms with Gasteiger partial charge in [0.2, 0.25) is 5.91 Å². The van der Waals surface area contributed by atoms with E-state index in [4.69, 9.17) is 4.84 Å². The lowest BCUT2D eigenvalue weighted by Crippen LogP contribution is -2.13. The lowest BCUT2D eigenvalue weighted by Gasteiger charge is -2.06. The van der Waals surface area contributed by atoms with Crippen molar-refractivity contribution in [2.45, 2.75) is 26.4 Å². The fourth-order valence-corrected chi connectivity index (χ4v) is 2.22. The molecule has 0 unspecified atom stereocenters. The van der Waals surface area contributed by atoms with E-state index in [-0.39, 0.29) is 24.2 Å². The number of amides is 1. The predicted molar refractivity (Wildman–Crippen MR) is 91.2 cm³/mol. The molecular weight excluding hydrogens is 307 g/mol. The maximum atomic E-state index is 12.8. The molecule has 0 radical (unpaired) electrons. The summed E-state index contributed by atoms with van der Waals surface area (Å²) in [5.74, 6) is 0.0101. The number of nitrogens with zero attached hydrogens (tertiary/aromatic N) is 1. The van der Waals surface area contributed by atoms with E-state index in [2.05, 4.69) is 10.5 Å². The highest BCUT2D eigenvalue weighted by Crippen LogP contribution is 2.30. The Morgan fingerprint density at radius 3 is 2.46 bits per heavy atom. The minimum atomic E-state index is -0.271. The first-order valence-electron chi connectivity index (χ1n) is 7.94. The van der Waals surface area contributed by atoms with Gasteiger partial charge in [0.05, 0.1) is 5.71 Å². The maximum Gasteiger partial charge on any atom is 0.227 e. The zero-order valence-electron chi connectivity index (χ0n) is 13.5. The van der Waals surface area contributed by atoms with Gasteiger partial charge in [0.15, 0.2) is 0 Å². The number of nitrogens with one attached hydrogen (secondary N) is 1. The first kappa shape index (κ1) is 16.2. The van der Waals surface area contributed by atoms with Crippen LogP contribution in [0, 0.1) is 11.7 Å². The van der Waals surface area contributed by atoms with Crippen LogP contribution in [0.25, 0.3) is 0 Å². The van der Waals surface area contributed by atoms with Crippen LogP contribution in [0.4, 0.5) is 10.1 Å². The monoisotopic (exact) mass is 326 g/mol. The quantitative estimate of drug-likeness (QED) is 0.641. The molecule has 3 rings (SSSR count). The number of oxime groups is 1. The second kappa shape index (κ2) is 7.25. The van der Waals surface area contributed by atoms with Crippen LogP contribution in [0.5, 0.6) is 0 Å². The van der Waals surface area contributed by atoms with Gasteiger partial charge in [-0.05, 0) is 55.2 Å². The SMILES string of the molecule is C/C(=N\OCc1ccc(F)cc1)c1ccc(NC(=O)C2CC2)cc1. The van der Waals surface area contributed by atoms with Crippen LogP contribution in [0.2, 0.25) is 0 Å². The summed E-state index contributed by atoms with van der Waals surface area (Å²) < 4.78 is 12.8. The highest BCUT2D eigenvalue weighted by molar-refractivity contribution is 5.99. The third-order valence-corrected chi connectivity index (χ3v) is 3.86. The summed E-state index contributed by atoms with van der Waals surface area (Å²) in [5.41, 5.74) is 3.29. The predicted octanol–water partition coefficient (Wildman–Crippen LogP) is 4.12. The van der Waals surface area contributed by atoms with Crippen LogP contribution in [0.3, 0.4) is 0 Å². The number of hydrogen-bond acceptors (Lipinski definition) is 3. The van der Waals surface area contributed by atoms with Crippen LogP contribution < -0.4 is 5.32 Å². The summed E-state index contributed by atoms with van der Waals surface area (Å²) in [6.07, 6.45) is 1.97. The Hall–Kier alpha value is -2.69. The first-order valence-corrected chi connectivity index (χ1v) is 7.94. The Balaban J connectivity index is 1.54. The topological polar surface area (TPSA) is 50.7 Å². The molecule has 124 valence electrons. The molecule has 1 N–H and O–H groups in total. The number of carbonyl (C=O) groups is 1. The van der Waals surface area contributed by atoms with E-state index in [1.165, 1.54) is 12.1 Å². The molecule has 4 nitrogen and oxygen atoms in total. The van der Waals surface area contributed by atoms with Gasteiger partial charge in [0.25, 0.3) is 0 Å². The number of halogens is 1. The largest absolute Gasteiger partial charge is 0.391 e. The highest BCUT2D eigenvalue weighted by atomic mass is 19.1. The zero-order valence-corrected chi connectivity index (χ0v) is 13.5. The Kier molecular flexibility index (Phi) is 4.89. The molecular formula is C19H19FN2O2. The van der Waals surface area contributed by atoms with E-state index in [9.17, 15) is 9.18 Å². The molecule has 5 heteroatoms. The van der Waals surface area contributed by atoms with Crippen molar-refractivity contribution < 1.29 is 14.0 Å². The molecule has 24 heavy (non-hydrogen) atoms. The normalized spacial score (nSPS) is 14.3. The second-order valence-corrected chi connectivity index (χ2v) is 5.92. The van der Waals surface area contributed by atoms with Crippen molar-refractivity contribution in [2.75, 3.05) is 5.32 Å². The van der Waals surface area contributed by atoms with Gasteiger partial charge in [0, 0.05) is 11.6 Å². The van der Waals surface area contributed by atoms with Crippen molar-refractivity contribution in [2.24, 2.45) is 11.1 Å². The highest BCUT2D eigenvalue weighted by Gasteiger charge is 2.29. The molecule has 0 aliphatic heterocycles. The van der Waals surface area contributed by atoms with Crippen LogP contribution >= 0.6 is 0 Å². The zero-order chi connectivity index (χ0) is 16.9. The fourth-order valence-electron chi connectivity index (χ4n) is 2.22. The molecule has 0 saturated heterocycles. The molecule has 1 saturated carbocycles. The summed E-state index contributed by atoms with van der Waals surface area (Å²) in [5, 5.41) is 6.98. The standard InChI is InChI=1S/C19H19FN2O2/c1-13(22-24-12-14-2-8-17(20)9-3-14)15-6-10-18(11-7-15)21-19(23)16-4-5-16/h2-3,6-11,16H,4-5,12H2,1H3,(H,21,23)/b22-13+. The van der Waals surface area contributed by atoms with Crippen molar-refractivity contribution in [1.29, 1.82) is 0 Å². The molecule has 0 heterocycles. The Morgan fingerprint density at radius 2 is 1.83 bits per heavy atom. The summed E-state index contributed by atoms with van der Waals surface area (Å²) in [4.78, 5) is 17.0. The van der Waals surface area contributed by atoms with Crippen molar-refractivity contribution in [3.05, 3.63) is 65.5 Å². The van der Waals surface area contributed by atoms with Gasteiger partial charge in [-0.15, -0.1) is 0 Å². The molecule has 1 amide bonds. The van der Waals surface area contributed by atoms with Gasteiger partial charge < -0.3 is 10.2 Å². The number of carbonyl (C=O) groups excluding carboxylic acids is 1. The molecule has 2 aromatic carbocycles. The third kappa shape index (κ3) is 4.41. The Bertz CT molecular complexity index is 735. The summed E-state index contributed by atoms with van der Waals surface area (Å²) in [7, 11) is 0. The summed E-state index contributed by atoms with van der Waals surface area (Å²) >= 11 is 0. The summed E-state index contributed by atoms with van der Waals surface area (Å²) in [6.45, 7) is 2.13. The van der Waals surface area contributed by atoms with E-state index in [0.29, 0.717) is 0 Å². The van der Waals surface area contributed by atoms with E-state index in [1.54, 1.807) is 12.1 Å². The molecule has 1 fully saturated rings. The van der Waals surface area contributed by atoms with Gasteiger partial charge in [-0.2, -0.15) is 0 Å². The minimum Gasteiger partial charge on any atom is -0.391 e. The van der Waals surface area contributed by atoms with Crippen molar-refractivity contribution in [3.8, 4) is 0 Å². The van der Waals surface area contributed by atoms with Gasteiger partial charge in [-0.25, -0.2) is 4.39 Å². The van der Waals surface area contributed by atoms with Gasteiger partial charge >= 0.3 is 0 Å². The molecule has 0 aromatic heterocycles. The minimum absolute atomic E-state index is 0.0933. The van der Waals surface area contributed by atoms with Gasteiger partial charge in [-0.3, -0.25) is 4.79 Å². The molecule has 1 aliphatic rings. The van der Waals surface area contributed by atoms with Crippen molar-refractivity contribution in [1.82, 2.24) is 0 Å². The third-order valence-electron chi connectivity index (χ3n) is 3.86. The number of anilines is 1. The molecule has 2 aromatic rings. The van der Waals surface area contributed by atoms with Crippen molar-refractivity contribution >= 4 is 17.3 Å². The van der Waals surface area contributed by atoms with Crippen LogP contribution in [0.15, 0.2) is 53.7 Å². The van der Waals surface area contributed by atoms with E-state index < -0.39 is 0 Å². The molecule has 1 aliphatic carbocycles. The summed E-state index contributed by atoms with van der Waals surface area (Å²) in [6, 6.07) is 13.6. The fraction of sp³-hybridized carbons (Fsp3) is 0.263. The van der Waals surface area contributed by atoms with Crippen LogP contribution in [-0.2, 0) is 16.2 Å². The Morgan fingerprint density at radius 1 is 1.17 bits per heavy atom. The lowest BCUT2D eigenvalue weighted by atomic mass is 10.1. The number of hydrogen-bond donors (Lipinski definition) is 1. The van der Waals surface area contributed by atoms with Gasteiger partial charge in [-0.1, -0.05) is 29.4 Å². The first-order chi connectivity index (χ1) is 11.6. The molecule has 0 spiro atoms. The van der Waals surface area contributed by atoms with Crippen LogP contribution in [0.1, 0.15) is 30.9 Å². The second-order valence-electron chi connectivity index (χ2n) is 5.92. The molecule has 0 atom stereocenters. The number of rotatable bonds is 6. The van der Waals surface area contributed by atoms with Crippen LogP contribution in [-0.4, -0.2) is 11.6 Å². The molecule has 0 bridgehead atoms.